The van der Waals surface area contributed by atoms with Crippen LogP contribution in [0.5, 0.6) is 0 Å². The summed E-state index contributed by atoms with van der Waals surface area (Å²) in [5.41, 5.74) is 0. The lowest BCUT2D eigenvalue weighted by atomic mass is 10.0. The van der Waals surface area contributed by atoms with Crippen molar-refractivity contribution < 1.29 is 28.6 Å². The molecule has 65 heavy (non-hydrogen) atoms. The van der Waals surface area contributed by atoms with Crippen molar-refractivity contribution in [3.63, 3.8) is 0 Å². The van der Waals surface area contributed by atoms with Gasteiger partial charge in [0.25, 0.3) is 0 Å². The number of hydrogen-bond donors (Lipinski definition) is 0. The van der Waals surface area contributed by atoms with Crippen LogP contribution in [0.4, 0.5) is 0 Å². The van der Waals surface area contributed by atoms with Gasteiger partial charge in [0.15, 0.2) is 6.10 Å². The van der Waals surface area contributed by atoms with Crippen LogP contribution in [-0.4, -0.2) is 37.2 Å². The molecule has 0 fully saturated rings. The summed E-state index contributed by atoms with van der Waals surface area (Å²) in [6.07, 6.45) is 67.5. The predicted octanol–water partition coefficient (Wildman–Crippen LogP) is 18.2. The third-order valence-electron chi connectivity index (χ3n) is 11.7. The van der Waals surface area contributed by atoms with Crippen molar-refractivity contribution in [3.8, 4) is 0 Å². The fraction of sp³-hybridized carbons (Fsp3) is 0.746. The van der Waals surface area contributed by atoms with Gasteiger partial charge in [-0.25, -0.2) is 0 Å². The van der Waals surface area contributed by atoms with Gasteiger partial charge in [0.1, 0.15) is 13.2 Å². The monoisotopic (exact) mass is 907 g/mol. The predicted molar refractivity (Wildman–Crippen MR) is 279 cm³/mol. The van der Waals surface area contributed by atoms with E-state index in [1.165, 1.54) is 122 Å². The Bertz CT molecular complexity index is 1230. The van der Waals surface area contributed by atoms with E-state index in [4.69, 9.17) is 14.2 Å². The summed E-state index contributed by atoms with van der Waals surface area (Å²) in [5, 5.41) is 0. The summed E-state index contributed by atoms with van der Waals surface area (Å²) in [4.78, 5) is 37.9. The molecule has 374 valence electrons. The van der Waals surface area contributed by atoms with Gasteiger partial charge in [-0.1, -0.05) is 248 Å². The first kappa shape index (κ1) is 61.9. The molecule has 0 aliphatic carbocycles. The lowest BCUT2D eigenvalue weighted by Gasteiger charge is -2.18. The van der Waals surface area contributed by atoms with Gasteiger partial charge in [-0.3, -0.25) is 14.4 Å². The molecule has 0 aromatic carbocycles. The highest BCUT2D eigenvalue weighted by Crippen LogP contribution is 2.15. The average Bonchev–Trinajstić information content (AvgIpc) is 3.30. The zero-order valence-corrected chi connectivity index (χ0v) is 42.7. The van der Waals surface area contributed by atoms with Crippen LogP contribution < -0.4 is 0 Å². The molecule has 0 spiro atoms. The Morgan fingerprint density at radius 1 is 0.323 bits per heavy atom. The van der Waals surface area contributed by atoms with Crippen molar-refractivity contribution in [1.29, 1.82) is 0 Å². The average molecular weight is 907 g/mol. The Morgan fingerprint density at radius 2 is 0.600 bits per heavy atom. The molecule has 0 aliphatic heterocycles. The number of carbonyl (C=O) groups excluding carboxylic acids is 3. The van der Waals surface area contributed by atoms with E-state index in [1.807, 2.05) is 0 Å². The molecule has 0 N–H and O–H groups in total. The second kappa shape index (κ2) is 53.5. The molecule has 0 heterocycles. The van der Waals surface area contributed by atoms with Crippen LogP contribution >= 0.6 is 0 Å². The topological polar surface area (TPSA) is 78.9 Å². The molecule has 0 saturated carbocycles. The van der Waals surface area contributed by atoms with E-state index in [2.05, 4.69) is 93.7 Å². The zero-order chi connectivity index (χ0) is 47.2. The molecule has 0 aliphatic rings. The molecule has 0 aromatic heterocycles. The molecule has 6 nitrogen and oxygen atoms in total. The van der Waals surface area contributed by atoms with Gasteiger partial charge in [-0.05, 0) is 70.6 Å². The number of allylic oxidation sites excluding steroid dienone is 12. The van der Waals surface area contributed by atoms with Crippen LogP contribution in [0, 0.1) is 0 Å². The number of ether oxygens (including phenoxy) is 3. The lowest BCUT2D eigenvalue weighted by molar-refractivity contribution is -0.167. The van der Waals surface area contributed by atoms with E-state index in [0.717, 1.165) is 103 Å². The molecule has 0 aromatic rings. The number of hydrogen-bond acceptors (Lipinski definition) is 6. The molecule has 1 atom stereocenters. The van der Waals surface area contributed by atoms with Crippen LogP contribution in [0.15, 0.2) is 72.9 Å². The van der Waals surface area contributed by atoms with E-state index in [0.29, 0.717) is 19.3 Å². The summed E-state index contributed by atoms with van der Waals surface area (Å²) >= 11 is 0. The Balaban J connectivity index is 4.27. The van der Waals surface area contributed by atoms with Crippen molar-refractivity contribution >= 4 is 17.9 Å². The molecular formula is C59H102O6. The number of esters is 3. The third-order valence-corrected chi connectivity index (χ3v) is 11.7. The van der Waals surface area contributed by atoms with Crippen molar-refractivity contribution in [3.05, 3.63) is 72.9 Å². The minimum absolute atomic E-state index is 0.0768. The first-order valence-electron chi connectivity index (χ1n) is 27.4. The summed E-state index contributed by atoms with van der Waals surface area (Å²) in [6, 6.07) is 0. The number of carbonyl (C=O) groups is 3. The molecule has 0 saturated heterocycles. The van der Waals surface area contributed by atoms with Crippen LogP contribution in [0.3, 0.4) is 0 Å². The van der Waals surface area contributed by atoms with Gasteiger partial charge in [0, 0.05) is 19.3 Å². The maximum Gasteiger partial charge on any atom is 0.306 e. The van der Waals surface area contributed by atoms with Gasteiger partial charge >= 0.3 is 17.9 Å². The van der Waals surface area contributed by atoms with Crippen molar-refractivity contribution in [2.24, 2.45) is 0 Å². The standard InChI is InChI=1S/C59H102O6/c1-4-7-10-13-16-19-22-24-25-26-27-28-29-30-31-32-33-34-35-36-38-40-43-46-49-52-58(61)64-55-56(54-63-57(60)51-48-45-42-39-21-18-15-12-9-6-3)65-59(62)53-50-47-44-41-37-23-20-17-14-11-8-5-2/h7,10,16,19,24-25,27-28,30-31,33-34,56H,4-6,8-9,11-15,17-18,20-23,26,29,32,35-55H2,1-3H3/b10-7-,19-16-,25-24-,28-27-,31-30-,34-33-. The third kappa shape index (κ3) is 51.7. The van der Waals surface area contributed by atoms with Crippen LogP contribution in [0.25, 0.3) is 0 Å². The Kier molecular flexibility index (Phi) is 50.9. The maximum atomic E-state index is 12.8. The highest BCUT2D eigenvalue weighted by Gasteiger charge is 2.19. The Hall–Kier alpha value is -3.15. The molecule has 1 unspecified atom stereocenters. The number of rotatable bonds is 49. The van der Waals surface area contributed by atoms with Gasteiger partial charge in [-0.2, -0.15) is 0 Å². The Labute approximate surface area is 402 Å². The van der Waals surface area contributed by atoms with Gasteiger partial charge in [0.05, 0.1) is 0 Å². The van der Waals surface area contributed by atoms with E-state index < -0.39 is 6.10 Å². The first-order valence-corrected chi connectivity index (χ1v) is 27.4. The van der Waals surface area contributed by atoms with Gasteiger partial charge < -0.3 is 14.2 Å². The van der Waals surface area contributed by atoms with E-state index in [-0.39, 0.29) is 31.1 Å². The maximum absolute atomic E-state index is 12.8. The highest BCUT2D eigenvalue weighted by atomic mass is 16.6. The molecule has 0 amide bonds. The van der Waals surface area contributed by atoms with E-state index in [9.17, 15) is 14.4 Å². The fourth-order valence-electron chi connectivity index (χ4n) is 7.62. The SMILES string of the molecule is CC/C=C\C/C=C\C/C=C\C/C=C\C/C=C\C/C=C\CCCCCCCCC(=O)OCC(COC(=O)CCCCCCCCCCCC)OC(=O)CCCCCCCCCCCCCC. The molecule has 6 heteroatoms. The Morgan fingerprint density at radius 3 is 0.938 bits per heavy atom. The molecule has 0 radical (unpaired) electrons. The van der Waals surface area contributed by atoms with Crippen molar-refractivity contribution in [2.75, 3.05) is 13.2 Å². The van der Waals surface area contributed by atoms with Gasteiger partial charge in [-0.15, -0.1) is 0 Å². The summed E-state index contributed by atoms with van der Waals surface area (Å²) in [6.45, 7) is 6.51. The quantitative estimate of drug-likeness (QED) is 0.0262. The summed E-state index contributed by atoms with van der Waals surface area (Å²) < 4.78 is 16.8. The minimum Gasteiger partial charge on any atom is -0.462 e. The van der Waals surface area contributed by atoms with Crippen LogP contribution in [0.1, 0.15) is 265 Å². The zero-order valence-electron chi connectivity index (χ0n) is 42.7. The second-order valence-corrected chi connectivity index (χ2v) is 18.1. The van der Waals surface area contributed by atoms with Crippen LogP contribution in [-0.2, 0) is 28.6 Å². The largest absolute Gasteiger partial charge is 0.462 e. The molecular weight excluding hydrogens is 805 g/mol. The fourth-order valence-corrected chi connectivity index (χ4v) is 7.62. The van der Waals surface area contributed by atoms with Gasteiger partial charge in [0.2, 0.25) is 0 Å². The first-order chi connectivity index (χ1) is 32.0. The van der Waals surface area contributed by atoms with Crippen LogP contribution in [0.2, 0.25) is 0 Å². The minimum atomic E-state index is -0.776. The second-order valence-electron chi connectivity index (χ2n) is 18.1. The summed E-state index contributed by atoms with van der Waals surface area (Å²) in [5.74, 6) is -0.888. The number of unbranched alkanes of at least 4 members (excludes halogenated alkanes) is 26. The van der Waals surface area contributed by atoms with E-state index in [1.54, 1.807) is 0 Å². The molecule has 0 rings (SSSR count). The van der Waals surface area contributed by atoms with Crippen molar-refractivity contribution in [1.82, 2.24) is 0 Å². The molecule has 0 bridgehead atoms. The summed E-state index contributed by atoms with van der Waals surface area (Å²) in [7, 11) is 0. The van der Waals surface area contributed by atoms with E-state index >= 15 is 0 Å². The lowest BCUT2D eigenvalue weighted by Crippen LogP contribution is -2.30. The smallest absolute Gasteiger partial charge is 0.306 e. The van der Waals surface area contributed by atoms with Crippen molar-refractivity contribution in [2.45, 2.75) is 271 Å². The highest BCUT2D eigenvalue weighted by molar-refractivity contribution is 5.71. The normalized spacial score (nSPS) is 12.6.